The molecule has 150 valence electrons. The van der Waals surface area contributed by atoms with Crippen LogP contribution in [0.15, 0.2) is 4.99 Å². The van der Waals surface area contributed by atoms with E-state index in [0.29, 0.717) is 25.6 Å². The Bertz CT molecular complexity index is 582. The lowest BCUT2D eigenvalue weighted by Crippen LogP contribution is -2.39. The van der Waals surface area contributed by atoms with Crippen LogP contribution in [-0.2, 0) is 18.3 Å². The van der Waals surface area contributed by atoms with Gasteiger partial charge in [-0.25, -0.2) is 9.79 Å². The van der Waals surface area contributed by atoms with Crippen molar-refractivity contribution in [3.63, 3.8) is 0 Å². The van der Waals surface area contributed by atoms with Gasteiger partial charge >= 0.3 is 6.09 Å². The van der Waals surface area contributed by atoms with Crippen molar-refractivity contribution in [1.29, 1.82) is 0 Å². The van der Waals surface area contributed by atoms with Crippen LogP contribution in [0.25, 0.3) is 0 Å². The maximum absolute atomic E-state index is 11.5. The zero-order valence-electron chi connectivity index (χ0n) is 16.5. The van der Waals surface area contributed by atoms with Gasteiger partial charge in [-0.2, -0.15) is 0 Å². The Labute approximate surface area is 172 Å². The molecule has 9 nitrogen and oxygen atoms in total. The van der Waals surface area contributed by atoms with Crippen LogP contribution < -0.4 is 16.0 Å². The summed E-state index contributed by atoms with van der Waals surface area (Å²) in [5.74, 6) is 2.37. The van der Waals surface area contributed by atoms with Crippen LogP contribution in [0.5, 0.6) is 0 Å². The summed E-state index contributed by atoms with van der Waals surface area (Å²) in [5, 5.41) is 17.3. The molecule has 1 heterocycles. The summed E-state index contributed by atoms with van der Waals surface area (Å²) in [6.07, 6.45) is 0.359. The van der Waals surface area contributed by atoms with Gasteiger partial charge in [-0.3, -0.25) is 0 Å². The van der Waals surface area contributed by atoms with E-state index in [1.54, 1.807) is 0 Å². The molecule has 0 atom stereocenters. The second kappa shape index (κ2) is 11.9. The number of rotatable bonds is 7. The highest BCUT2D eigenvalue weighted by atomic mass is 127. The number of aromatic nitrogens is 3. The van der Waals surface area contributed by atoms with E-state index in [1.807, 2.05) is 46.2 Å². The molecular weight excluding hydrogens is 449 g/mol. The molecule has 0 aromatic carbocycles. The maximum atomic E-state index is 11.5. The van der Waals surface area contributed by atoms with Crippen molar-refractivity contribution in [2.24, 2.45) is 12.0 Å². The van der Waals surface area contributed by atoms with E-state index in [9.17, 15) is 4.79 Å². The monoisotopic (exact) mass is 481 g/mol. The van der Waals surface area contributed by atoms with Gasteiger partial charge in [-0.05, 0) is 41.0 Å². The number of hydrogen-bond acceptors (Lipinski definition) is 5. The molecule has 0 aliphatic heterocycles. The highest BCUT2D eigenvalue weighted by Crippen LogP contribution is 2.06. The van der Waals surface area contributed by atoms with Crippen molar-refractivity contribution in [2.45, 2.75) is 53.2 Å². The van der Waals surface area contributed by atoms with Gasteiger partial charge < -0.3 is 25.3 Å². The molecule has 0 bridgehead atoms. The predicted molar refractivity (Wildman–Crippen MR) is 113 cm³/mol. The molecule has 0 fully saturated rings. The van der Waals surface area contributed by atoms with Crippen molar-refractivity contribution in [3.05, 3.63) is 11.6 Å². The Balaban J connectivity index is 0.00000625. The molecular formula is C16H32IN7O2. The maximum Gasteiger partial charge on any atom is 0.407 e. The normalized spacial score (nSPS) is 11.5. The van der Waals surface area contributed by atoms with Gasteiger partial charge in [0.05, 0.1) is 0 Å². The first kappa shape index (κ1) is 24.4. The number of nitrogens with one attached hydrogen (secondary N) is 3. The van der Waals surface area contributed by atoms with Gasteiger partial charge in [0.1, 0.15) is 18.0 Å². The summed E-state index contributed by atoms with van der Waals surface area (Å²) in [7, 11) is 1.92. The number of aliphatic imine (C=N–C) groups is 1. The van der Waals surface area contributed by atoms with Crippen LogP contribution in [0.4, 0.5) is 4.79 Å². The highest BCUT2D eigenvalue weighted by Gasteiger charge is 2.15. The van der Waals surface area contributed by atoms with E-state index in [-0.39, 0.29) is 24.0 Å². The van der Waals surface area contributed by atoms with E-state index < -0.39 is 11.7 Å². The Morgan fingerprint density at radius 1 is 1.19 bits per heavy atom. The quantitative estimate of drug-likeness (QED) is 0.237. The molecule has 1 aromatic heterocycles. The summed E-state index contributed by atoms with van der Waals surface area (Å²) in [5.41, 5.74) is -0.481. The minimum absolute atomic E-state index is 0. The molecule has 0 aliphatic rings. The summed E-state index contributed by atoms with van der Waals surface area (Å²) in [6, 6.07) is 0. The first-order chi connectivity index (χ1) is 11.7. The van der Waals surface area contributed by atoms with Gasteiger partial charge in [-0.15, -0.1) is 34.2 Å². The third-order valence-electron chi connectivity index (χ3n) is 3.22. The summed E-state index contributed by atoms with van der Waals surface area (Å²) in [4.78, 5) is 16.0. The van der Waals surface area contributed by atoms with E-state index in [4.69, 9.17) is 4.74 Å². The van der Waals surface area contributed by atoms with Crippen LogP contribution in [-0.4, -0.2) is 52.1 Å². The first-order valence-electron chi connectivity index (χ1n) is 8.57. The fraction of sp³-hybridized carbons (Fsp3) is 0.750. The molecule has 3 N–H and O–H groups in total. The predicted octanol–water partition coefficient (Wildman–Crippen LogP) is 1.71. The van der Waals surface area contributed by atoms with Crippen molar-refractivity contribution < 1.29 is 9.53 Å². The third-order valence-corrected chi connectivity index (χ3v) is 3.22. The Hall–Kier alpha value is -1.59. The van der Waals surface area contributed by atoms with Crippen LogP contribution in [0.1, 0.15) is 45.8 Å². The van der Waals surface area contributed by atoms with Crippen LogP contribution in [0.3, 0.4) is 0 Å². The second-order valence-electron chi connectivity index (χ2n) is 6.63. The molecule has 26 heavy (non-hydrogen) atoms. The molecule has 10 heteroatoms. The minimum atomic E-state index is -0.481. The van der Waals surface area contributed by atoms with E-state index in [2.05, 4.69) is 31.1 Å². The fourth-order valence-electron chi connectivity index (χ4n) is 1.88. The molecule has 0 saturated carbocycles. The number of nitrogens with zero attached hydrogens (tertiary/aromatic N) is 4. The number of carbonyl (C=O) groups excluding carboxylic acids is 1. The summed E-state index contributed by atoms with van der Waals surface area (Å²) < 4.78 is 7.10. The van der Waals surface area contributed by atoms with Gasteiger partial charge in [0.2, 0.25) is 0 Å². The SMILES string of the molecule is CCNC(=NCc1nnc(C)n1C)NCCCNC(=O)OC(C)(C)C.I. The first-order valence-corrected chi connectivity index (χ1v) is 8.57. The van der Waals surface area contributed by atoms with E-state index in [0.717, 1.165) is 24.6 Å². The molecule has 0 spiro atoms. The van der Waals surface area contributed by atoms with Crippen molar-refractivity contribution in [3.8, 4) is 0 Å². The lowest BCUT2D eigenvalue weighted by atomic mass is 10.2. The number of amides is 1. The Morgan fingerprint density at radius 2 is 1.85 bits per heavy atom. The smallest absolute Gasteiger partial charge is 0.407 e. The third kappa shape index (κ3) is 9.78. The highest BCUT2D eigenvalue weighted by molar-refractivity contribution is 14.0. The van der Waals surface area contributed by atoms with Crippen molar-refractivity contribution in [2.75, 3.05) is 19.6 Å². The Morgan fingerprint density at radius 3 is 2.38 bits per heavy atom. The largest absolute Gasteiger partial charge is 0.444 e. The number of carbonyl (C=O) groups is 1. The van der Waals surface area contributed by atoms with Gasteiger partial charge in [0.25, 0.3) is 0 Å². The average molecular weight is 481 g/mol. The van der Waals surface area contributed by atoms with Crippen LogP contribution >= 0.6 is 24.0 Å². The van der Waals surface area contributed by atoms with Crippen LogP contribution in [0.2, 0.25) is 0 Å². The Kier molecular flexibility index (Phi) is 11.2. The standard InChI is InChI=1S/C16H31N7O2.HI/c1-7-17-14(20-11-13-22-21-12(2)23(13)6)18-9-8-10-19-15(24)25-16(3,4)5;/h7-11H2,1-6H3,(H,19,24)(H2,17,18,20);1H. The van der Waals surface area contributed by atoms with Gasteiger partial charge in [-0.1, -0.05) is 0 Å². The van der Waals surface area contributed by atoms with Gasteiger partial charge in [0.15, 0.2) is 11.8 Å². The van der Waals surface area contributed by atoms with Gasteiger partial charge in [0, 0.05) is 26.7 Å². The molecule has 0 saturated heterocycles. The lowest BCUT2D eigenvalue weighted by molar-refractivity contribution is 0.0527. The van der Waals surface area contributed by atoms with E-state index >= 15 is 0 Å². The molecule has 0 unspecified atom stereocenters. The minimum Gasteiger partial charge on any atom is -0.444 e. The zero-order chi connectivity index (χ0) is 18.9. The lowest BCUT2D eigenvalue weighted by Gasteiger charge is -2.19. The van der Waals surface area contributed by atoms with Crippen molar-refractivity contribution in [1.82, 2.24) is 30.7 Å². The zero-order valence-corrected chi connectivity index (χ0v) is 18.9. The number of alkyl carbamates (subject to hydrolysis) is 1. The molecule has 1 aromatic rings. The molecule has 1 rings (SSSR count). The fourth-order valence-corrected chi connectivity index (χ4v) is 1.88. The molecule has 0 aliphatic carbocycles. The topological polar surface area (TPSA) is 105 Å². The molecule has 0 radical (unpaired) electrons. The summed E-state index contributed by atoms with van der Waals surface area (Å²) in [6.45, 7) is 11.9. The number of ether oxygens (including phenoxy) is 1. The number of hydrogen-bond donors (Lipinski definition) is 3. The number of halogens is 1. The van der Waals surface area contributed by atoms with Crippen molar-refractivity contribution >= 4 is 36.0 Å². The average Bonchev–Trinajstić information content (AvgIpc) is 2.82. The molecule has 1 amide bonds. The summed E-state index contributed by atoms with van der Waals surface area (Å²) >= 11 is 0. The number of aryl methyl sites for hydroxylation is 1. The van der Waals surface area contributed by atoms with E-state index in [1.165, 1.54) is 0 Å². The second-order valence-corrected chi connectivity index (χ2v) is 6.63. The number of guanidine groups is 1. The van der Waals surface area contributed by atoms with Crippen LogP contribution in [0, 0.1) is 6.92 Å².